The second-order valence-electron chi connectivity index (χ2n) is 3.39. The van der Waals surface area contributed by atoms with Crippen LogP contribution in [0.1, 0.15) is 19.5 Å². The van der Waals surface area contributed by atoms with Crippen LogP contribution in [0.2, 0.25) is 0 Å². The first-order valence-corrected chi connectivity index (χ1v) is 4.10. The van der Waals surface area contributed by atoms with E-state index in [0.29, 0.717) is 18.0 Å². The third-order valence-electron chi connectivity index (χ3n) is 1.60. The Morgan fingerprint density at radius 3 is 2.77 bits per heavy atom. The highest BCUT2D eigenvalue weighted by molar-refractivity contribution is 5.31. The van der Waals surface area contributed by atoms with E-state index in [-0.39, 0.29) is 5.69 Å². The average molecular weight is 182 g/mol. The minimum atomic E-state index is -0.440. The molecule has 5 heteroatoms. The average Bonchev–Trinajstić information content (AvgIpc) is 2.29. The maximum atomic E-state index is 10.5. The van der Waals surface area contributed by atoms with Gasteiger partial charge in [0.2, 0.25) is 0 Å². The Kier molecular flexibility index (Phi) is 2.65. The summed E-state index contributed by atoms with van der Waals surface area (Å²) in [5, 5.41) is 14.5. The van der Waals surface area contributed by atoms with E-state index in [0.717, 1.165) is 0 Å². The van der Waals surface area contributed by atoms with Gasteiger partial charge in [-0.2, -0.15) is 5.10 Å². The Bertz CT molecular complexity index is 317. The third kappa shape index (κ3) is 2.27. The Morgan fingerprint density at radius 2 is 2.31 bits per heavy atom. The topological polar surface area (TPSA) is 61.0 Å². The Labute approximate surface area is 76.5 Å². The lowest BCUT2D eigenvalue weighted by molar-refractivity contribution is -0.386. The van der Waals surface area contributed by atoms with Gasteiger partial charge < -0.3 is 0 Å². The van der Waals surface area contributed by atoms with Gasteiger partial charge in [-0.25, -0.2) is 0 Å². The highest BCUT2D eigenvalue weighted by atomic mass is 16.6. The Morgan fingerprint density at radius 1 is 1.69 bits per heavy atom. The molecule has 0 saturated heterocycles. The maximum Gasteiger partial charge on any atom is 0.319 e. The lowest BCUT2D eigenvalue weighted by atomic mass is 10.1. The molecule has 0 aromatic carbocycles. The van der Waals surface area contributed by atoms with Crippen molar-refractivity contribution in [1.82, 2.24) is 9.78 Å². The molecule has 13 heavy (non-hydrogen) atoms. The maximum absolute atomic E-state index is 10.5. The molecule has 0 aliphatic heterocycles. The number of aromatic nitrogens is 2. The summed E-state index contributed by atoms with van der Waals surface area (Å²) in [7, 11) is 1.64. The Hall–Kier alpha value is -1.39. The fourth-order valence-electron chi connectivity index (χ4n) is 1.14. The van der Waals surface area contributed by atoms with Crippen LogP contribution >= 0.6 is 0 Å². The van der Waals surface area contributed by atoms with E-state index in [2.05, 4.69) is 11.3 Å². The van der Waals surface area contributed by atoms with Crippen molar-refractivity contribution in [3.05, 3.63) is 22.0 Å². The van der Waals surface area contributed by atoms with Gasteiger partial charge in [0.25, 0.3) is 0 Å². The van der Waals surface area contributed by atoms with Crippen LogP contribution in [-0.4, -0.2) is 14.7 Å². The van der Waals surface area contributed by atoms with Crippen LogP contribution in [0.3, 0.4) is 0 Å². The quantitative estimate of drug-likeness (QED) is 0.523. The molecule has 0 bridgehead atoms. The summed E-state index contributed by atoms with van der Waals surface area (Å²) in [5.41, 5.74) is 0.513. The summed E-state index contributed by atoms with van der Waals surface area (Å²) in [4.78, 5) is 10.1. The summed E-state index contributed by atoms with van der Waals surface area (Å²) in [6.45, 7) is 4.00. The molecular weight excluding hydrogens is 170 g/mol. The van der Waals surface area contributed by atoms with Crippen molar-refractivity contribution in [2.75, 3.05) is 0 Å². The molecule has 0 amide bonds. The van der Waals surface area contributed by atoms with Crippen LogP contribution in [0.4, 0.5) is 5.69 Å². The standard InChI is InChI=1S/C8H12N3O2/c1-6(2)4-7-8(11(12)13)5-10(3)9-7/h6H,4H2,1-3H3. The number of rotatable bonds is 3. The molecule has 0 fully saturated rings. The first-order valence-electron chi connectivity index (χ1n) is 4.10. The molecule has 1 radical (unpaired) electrons. The zero-order chi connectivity index (χ0) is 10.0. The summed E-state index contributed by atoms with van der Waals surface area (Å²) < 4.78 is 1.36. The van der Waals surface area contributed by atoms with Gasteiger partial charge in [-0.3, -0.25) is 14.8 Å². The van der Waals surface area contributed by atoms with E-state index in [1.54, 1.807) is 7.05 Å². The number of nitro groups is 1. The lowest BCUT2D eigenvalue weighted by Gasteiger charge is -1.98. The molecule has 0 spiro atoms. The van der Waals surface area contributed by atoms with Crippen molar-refractivity contribution in [2.45, 2.75) is 20.3 Å². The number of hydrogen-bond acceptors (Lipinski definition) is 3. The third-order valence-corrected chi connectivity index (χ3v) is 1.60. The highest BCUT2D eigenvalue weighted by Crippen LogP contribution is 2.18. The van der Waals surface area contributed by atoms with Gasteiger partial charge in [-0.1, -0.05) is 13.8 Å². The normalized spacial score (nSPS) is 10.8. The van der Waals surface area contributed by atoms with E-state index in [4.69, 9.17) is 0 Å². The molecule has 1 rings (SSSR count). The minimum absolute atomic E-state index is 0.00352. The summed E-state index contributed by atoms with van der Waals surface area (Å²) in [6.07, 6.45) is 3.17. The van der Waals surface area contributed by atoms with E-state index in [9.17, 15) is 10.1 Å². The molecule has 1 aromatic heterocycles. The van der Waals surface area contributed by atoms with Crippen molar-refractivity contribution in [1.29, 1.82) is 0 Å². The van der Waals surface area contributed by atoms with Gasteiger partial charge in [-0.15, -0.1) is 0 Å². The second-order valence-corrected chi connectivity index (χ2v) is 3.39. The summed E-state index contributed by atoms with van der Waals surface area (Å²) in [5.74, 6) is 0.363. The molecular formula is C8H12N3O2. The van der Waals surface area contributed by atoms with Gasteiger partial charge in [0.1, 0.15) is 5.69 Å². The first-order chi connectivity index (χ1) is 6.00. The molecule has 0 atom stereocenters. The summed E-state index contributed by atoms with van der Waals surface area (Å²) >= 11 is 0. The van der Waals surface area contributed by atoms with Crippen LogP contribution in [-0.2, 0) is 13.5 Å². The fourth-order valence-corrected chi connectivity index (χ4v) is 1.14. The zero-order valence-corrected chi connectivity index (χ0v) is 7.94. The van der Waals surface area contributed by atoms with Crippen molar-refractivity contribution in [3.63, 3.8) is 0 Å². The van der Waals surface area contributed by atoms with Crippen LogP contribution in [0.5, 0.6) is 0 Å². The molecule has 0 saturated carbocycles. The van der Waals surface area contributed by atoms with E-state index >= 15 is 0 Å². The van der Waals surface area contributed by atoms with E-state index in [1.165, 1.54) is 4.68 Å². The van der Waals surface area contributed by atoms with Gasteiger partial charge in [0.15, 0.2) is 6.20 Å². The fraction of sp³-hybridized carbons (Fsp3) is 0.625. The van der Waals surface area contributed by atoms with Gasteiger partial charge in [0.05, 0.1) is 4.92 Å². The smallest absolute Gasteiger partial charge is 0.259 e. The molecule has 5 nitrogen and oxygen atoms in total. The SMILES string of the molecule is CC(C)Cc1nn(C)[c]c1[N+](=O)[O-]. The molecule has 0 N–H and O–H groups in total. The number of nitrogens with zero attached hydrogens (tertiary/aromatic N) is 3. The monoisotopic (exact) mass is 182 g/mol. The Balaban J connectivity index is 2.97. The molecule has 0 aliphatic carbocycles. The molecule has 71 valence electrons. The van der Waals surface area contributed by atoms with Gasteiger partial charge in [-0.05, 0) is 5.92 Å². The largest absolute Gasteiger partial charge is 0.319 e. The van der Waals surface area contributed by atoms with Crippen molar-refractivity contribution < 1.29 is 4.92 Å². The lowest BCUT2D eigenvalue weighted by Crippen LogP contribution is -1.99. The number of hydrogen-bond donors (Lipinski definition) is 0. The number of aryl methyl sites for hydroxylation is 1. The predicted octanol–water partition coefficient (Wildman–Crippen LogP) is 1.33. The predicted molar refractivity (Wildman–Crippen MR) is 47.2 cm³/mol. The van der Waals surface area contributed by atoms with Crippen molar-refractivity contribution in [2.24, 2.45) is 13.0 Å². The second kappa shape index (κ2) is 3.55. The highest BCUT2D eigenvalue weighted by Gasteiger charge is 2.19. The van der Waals surface area contributed by atoms with Crippen LogP contribution in [0.15, 0.2) is 0 Å². The first kappa shape index (κ1) is 9.70. The molecule has 0 aliphatic rings. The van der Waals surface area contributed by atoms with Crippen molar-refractivity contribution >= 4 is 5.69 Å². The van der Waals surface area contributed by atoms with Gasteiger partial charge in [0, 0.05) is 13.5 Å². The molecule has 0 unspecified atom stereocenters. The van der Waals surface area contributed by atoms with Crippen LogP contribution in [0.25, 0.3) is 0 Å². The zero-order valence-electron chi connectivity index (χ0n) is 7.94. The molecule has 1 heterocycles. The van der Waals surface area contributed by atoms with Crippen molar-refractivity contribution in [3.8, 4) is 0 Å². The molecule has 1 aromatic rings. The van der Waals surface area contributed by atoms with Gasteiger partial charge >= 0.3 is 5.69 Å². The van der Waals surface area contributed by atoms with Crippen LogP contribution < -0.4 is 0 Å². The van der Waals surface area contributed by atoms with E-state index < -0.39 is 4.92 Å². The minimum Gasteiger partial charge on any atom is -0.259 e. The van der Waals surface area contributed by atoms with Crippen LogP contribution in [0, 0.1) is 22.2 Å². The van der Waals surface area contributed by atoms with E-state index in [1.807, 2.05) is 13.8 Å². The summed E-state index contributed by atoms with van der Waals surface area (Å²) in [6, 6.07) is 0.